The van der Waals surface area contributed by atoms with E-state index in [2.05, 4.69) is 4.98 Å². The number of anilines is 1. The second-order valence-electron chi connectivity index (χ2n) is 3.90. The highest BCUT2D eigenvalue weighted by Crippen LogP contribution is 2.29. The van der Waals surface area contributed by atoms with E-state index in [0.717, 1.165) is 11.1 Å². The smallest absolute Gasteiger partial charge is 0.355 e. The van der Waals surface area contributed by atoms with Crippen LogP contribution in [-0.2, 0) is 0 Å². The lowest BCUT2D eigenvalue weighted by atomic mass is 9.99. The molecule has 18 heavy (non-hydrogen) atoms. The van der Waals surface area contributed by atoms with E-state index in [0.29, 0.717) is 10.6 Å². The maximum Gasteiger partial charge on any atom is 0.355 e. The number of nitrogens with two attached hydrogens (primary N) is 1. The second-order valence-corrected chi connectivity index (χ2v) is 4.33. The van der Waals surface area contributed by atoms with E-state index in [1.807, 2.05) is 13.0 Å². The van der Waals surface area contributed by atoms with E-state index in [1.165, 1.54) is 0 Å². The number of carboxylic acid groups (broad SMARTS) is 1. The Labute approximate surface area is 109 Å². The molecule has 0 aliphatic rings. The van der Waals surface area contributed by atoms with Crippen LogP contribution in [0, 0.1) is 6.92 Å². The van der Waals surface area contributed by atoms with Crippen LogP contribution in [0.3, 0.4) is 0 Å². The first kappa shape index (κ1) is 12.4. The molecule has 1 aromatic carbocycles. The van der Waals surface area contributed by atoms with E-state index in [1.54, 1.807) is 24.3 Å². The molecule has 0 unspecified atom stereocenters. The predicted molar refractivity (Wildman–Crippen MR) is 70.8 cm³/mol. The Bertz CT molecular complexity index is 626. The largest absolute Gasteiger partial charge is 0.476 e. The van der Waals surface area contributed by atoms with Crippen LogP contribution < -0.4 is 5.73 Å². The quantitative estimate of drug-likeness (QED) is 0.872. The fraction of sp³-hybridized carbons (Fsp3) is 0.0769. The highest BCUT2D eigenvalue weighted by molar-refractivity contribution is 6.31. The number of rotatable bonds is 2. The highest BCUT2D eigenvalue weighted by Gasteiger charge is 2.15. The van der Waals surface area contributed by atoms with Gasteiger partial charge in [0.1, 0.15) is 5.82 Å². The van der Waals surface area contributed by atoms with Crippen LogP contribution in [0.15, 0.2) is 30.3 Å². The van der Waals surface area contributed by atoms with Gasteiger partial charge in [-0.2, -0.15) is 0 Å². The van der Waals surface area contributed by atoms with Crippen molar-refractivity contribution in [3.05, 3.63) is 46.6 Å². The third-order valence-corrected chi connectivity index (χ3v) is 2.84. The van der Waals surface area contributed by atoms with Crippen LogP contribution in [0.5, 0.6) is 0 Å². The maximum absolute atomic E-state index is 11.2. The topological polar surface area (TPSA) is 76.2 Å². The lowest BCUT2D eigenvalue weighted by molar-refractivity contribution is 0.0691. The number of carboxylic acids is 1. The molecule has 0 fully saturated rings. The van der Waals surface area contributed by atoms with Crippen LogP contribution >= 0.6 is 11.6 Å². The third kappa shape index (κ3) is 2.28. The normalized spacial score (nSPS) is 10.3. The van der Waals surface area contributed by atoms with Crippen molar-refractivity contribution in [1.29, 1.82) is 0 Å². The fourth-order valence-electron chi connectivity index (χ4n) is 1.74. The minimum Gasteiger partial charge on any atom is -0.476 e. The minimum absolute atomic E-state index is 0.0691. The third-order valence-electron chi connectivity index (χ3n) is 2.61. The lowest BCUT2D eigenvalue weighted by Gasteiger charge is -2.09. The Balaban J connectivity index is 2.70. The molecule has 1 aromatic heterocycles. The van der Waals surface area contributed by atoms with Crippen molar-refractivity contribution in [2.24, 2.45) is 0 Å². The highest BCUT2D eigenvalue weighted by atomic mass is 35.5. The van der Waals surface area contributed by atoms with Gasteiger partial charge in [-0.3, -0.25) is 0 Å². The zero-order valence-corrected chi connectivity index (χ0v) is 10.4. The van der Waals surface area contributed by atoms with Gasteiger partial charge in [-0.25, -0.2) is 9.78 Å². The summed E-state index contributed by atoms with van der Waals surface area (Å²) in [5, 5.41) is 9.71. The average Bonchev–Trinajstić information content (AvgIpc) is 2.32. The summed E-state index contributed by atoms with van der Waals surface area (Å²) in [7, 11) is 0. The molecule has 3 N–H and O–H groups in total. The number of aromatic carboxylic acids is 1. The molecule has 0 atom stereocenters. The summed E-state index contributed by atoms with van der Waals surface area (Å²) in [6.07, 6.45) is 0. The van der Waals surface area contributed by atoms with Gasteiger partial charge in [-0.15, -0.1) is 0 Å². The molecule has 0 amide bonds. The van der Waals surface area contributed by atoms with Gasteiger partial charge in [0.25, 0.3) is 0 Å². The van der Waals surface area contributed by atoms with Crippen LogP contribution in [0.25, 0.3) is 11.1 Å². The van der Waals surface area contributed by atoms with Gasteiger partial charge >= 0.3 is 5.97 Å². The molecule has 92 valence electrons. The molecule has 4 nitrogen and oxygen atoms in total. The number of benzene rings is 1. The van der Waals surface area contributed by atoms with Crippen LogP contribution in [0.1, 0.15) is 16.1 Å². The lowest BCUT2D eigenvalue weighted by Crippen LogP contribution is -2.06. The molecule has 0 aliphatic carbocycles. The maximum atomic E-state index is 11.2. The molecule has 0 saturated heterocycles. The summed E-state index contributed by atoms with van der Waals surface area (Å²) in [4.78, 5) is 15.0. The van der Waals surface area contributed by atoms with Gasteiger partial charge in [0.15, 0.2) is 5.69 Å². The Hall–Kier alpha value is -2.07. The first-order valence-corrected chi connectivity index (χ1v) is 5.63. The summed E-state index contributed by atoms with van der Waals surface area (Å²) in [6.45, 7) is 1.88. The molecule has 0 bridgehead atoms. The second kappa shape index (κ2) is 4.66. The number of carbonyl (C=O) groups is 1. The number of nitrogens with zero attached hydrogens (tertiary/aromatic N) is 1. The number of aryl methyl sites for hydroxylation is 1. The zero-order chi connectivity index (χ0) is 13.3. The van der Waals surface area contributed by atoms with Gasteiger partial charge in [0, 0.05) is 10.6 Å². The van der Waals surface area contributed by atoms with Gasteiger partial charge < -0.3 is 10.8 Å². The first-order valence-electron chi connectivity index (χ1n) is 5.25. The molecule has 0 saturated carbocycles. The molecular formula is C13H11ClN2O2. The molecule has 1 heterocycles. The summed E-state index contributed by atoms with van der Waals surface area (Å²) in [5.74, 6) is -0.937. The Morgan fingerprint density at radius 1 is 1.28 bits per heavy atom. The van der Waals surface area contributed by atoms with E-state index >= 15 is 0 Å². The molecule has 0 spiro atoms. The number of hydrogen-bond donors (Lipinski definition) is 2. The summed E-state index contributed by atoms with van der Waals surface area (Å²) in [5.41, 5.74) is 7.62. The standard InChI is InChI=1S/C13H11ClN2O2/c1-7-2-3-8(14)6-10(7)9-4-5-11(15)16-12(9)13(17)18/h2-6H,1H3,(H2,15,16)(H,17,18). The van der Waals surface area contributed by atoms with Gasteiger partial charge in [0.2, 0.25) is 0 Å². The summed E-state index contributed by atoms with van der Waals surface area (Å²) in [6, 6.07) is 8.52. The zero-order valence-electron chi connectivity index (χ0n) is 9.64. The number of halogens is 1. The van der Waals surface area contributed by atoms with Crippen molar-refractivity contribution < 1.29 is 9.90 Å². The molecule has 5 heteroatoms. The van der Waals surface area contributed by atoms with Crippen molar-refractivity contribution in [2.75, 3.05) is 5.73 Å². The van der Waals surface area contributed by atoms with Crippen LogP contribution in [-0.4, -0.2) is 16.1 Å². The van der Waals surface area contributed by atoms with Crippen molar-refractivity contribution >= 4 is 23.4 Å². The van der Waals surface area contributed by atoms with E-state index in [9.17, 15) is 4.79 Å². The molecule has 2 rings (SSSR count). The van der Waals surface area contributed by atoms with E-state index in [4.69, 9.17) is 22.4 Å². The fourth-order valence-corrected chi connectivity index (χ4v) is 1.91. The molecule has 2 aromatic rings. The number of pyridine rings is 1. The Morgan fingerprint density at radius 2 is 2.00 bits per heavy atom. The number of hydrogen-bond acceptors (Lipinski definition) is 3. The summed E-state index contributed by atoms with van der Waals surface area (Å²) >= 11 is 5.94. The van der Waals surface area contributed by atoms with Crippen LogP contribution in [0.4, 0.5) is 5.82 Å². The van der Waals surface area contributed by atoms with Crippen molar-refractivity contribution in [1.82, 2.24) is 4.98 Å². The monoisotopic (exact) mass is 262 g/mol. The van der Waals surface area contributed by atoms with Crippen molar-refractivity contribution in [2.45, 2.75) is 6.92 Å². The van der Waals surface area contributed by atoms with Gasteiger partial charge in [0.05, 0.1) is 0 Å². The van der Waals surface area contributed by atoms with Gasteiger partial charge in [-0.1, -0.05) is 17.7 Å². The molecule has 0 radical (unpaired) electrons. The summed E-state index contributed by atoms with van der Waals surface area (Å²) < 4.78 is 0. The number of nitrogen functional groups attached to an aromatic ring is 1. The Morgan fingerprint density at radius 3 is 2.67 bits per heavy atom. The SMILES string of the molecule is Cc1ccc(Cl)cc1-c1ccc(N)nc1C(=O)O. The van der Waals surface area contributed by atoms with Crippen molar-refractivity contribution in [3.63, 3.8) is 0 Å². The van der Waals surface area contributed by atoms with E-state index < -0.39 is 5.97 Å². The average molecular weight is 263 g/mol. The molecule has 0 aliphatic heterocycles. The predicted octanol–water partition coefficient (Wildman–Crippen LogP) is 2.99. The first-order chi connectivity index (χ1) is 8.49. The Kier molecular flexibility index (Phi) is 3.21. The minimum atomic E-state index is -1.11. The van der Waals surface area contributed by atoms with Gasteiger partial charge in [-0.05, 0) is 42.3 Å². The van der Waals surface area contributed by atoms with E-state index in [-0.39, 0.29) is 11.5 Å². The van der Waals surface area contributed by atoms with Crippen molar-refractivity contribution in [3.8, 4) is 11.1 Å². The van der Waals surface area contributed by atoms with Crippen LogP contribution in [0.2, 0.25) is 5.02 Å². The molecular weight excluding hydrogens is 252 g/mol. The number of aromatic nitrogens is 1.